The van der Waals surface area contributed by atoms with Crippen molar-refractivity contribution in [3.05, 3.63) is 10.4 Å². The molecule has 0 aromatic rings. The van der Waals surface area contributed by atoms with Crippen LogP contribution in [0.3, 0.4) is 0 Å². The van der Waals surface area contributed by atoms with Crippen LogP contribution in [-0.4, -0.2) is 31.4 Å². The molecule has 0 saturated carbocycles. The maximum Gasteiger partial charge on any atom is 0.239 e. The molecule has 0 radical (unpaired) electrons. The van der Waals surface area contributed by atoms with Crippen molar-refractivity contribution in [3.63, 3.8) is 0 Å². The Bertz CT molecular complexity index is 260. The highest BCUT2D eigenvalue weighted by Crippen LogP contribution is 1.87. The number of nitrogens with zero attached hydrogens (tertiary/aromatic N) is 3. The van der Waals surface area contributed by atoms with Crippen molar-refractivity contribution in [2.45, 2.75) is 19.8 Å². The van der Waals surface area contributed by atoms with Crippen LogP contribution in [0.25, 0.3) is 10.4 Å². The Morgan fingerprint density at radius 1 is 1.33 bits per heavy atom. The third kappa shape index (κ3) is 10.2. The highest BCUT2D eigenvalue weighted by atomic mass is 16.2. The lowest BCUT2D eigenvalue weighted by Gasteiger charge is -2.04. The van der Waals surface area contributed by atoms with Gasteiger partial charge in [-0.05, 0) is 18.4 Å². The van der Waals surface area contributed by atoms with E-state index in [0.717, 1.165) is 12.8 Å². The maximum absolute atomic E-state index is 11.0. The first kappa shape index (κ1) is 13.2. The van der Waals surface area contributed by atoms with Crippen LogP contribution in [0.15, 0.2) is 5.11 Å². The number of rotatable bonds is 7. The lowest BCUT2D eigenvalue weighted by molar-refractivity contribution is -0.125. The molecular formula is C8H15N5O2. The number of azide groups is 1. The van der Waals surface area contributed by atoms with Crippen LogP contribution in [0.2, 0.25) is 0 Å². The Morgan fingerprint density at radius 3 is 2.67 bits per heavy atom. The van der Waals surface area contributed by atoms with Crippen LogP contribution in [0.1, 0.15) is 19.8 Å². The van der Waals surface area contributed by atoms with Gasteiger partial charge in [0.05, 0.1) is 6.54 Å². The predicted molar refractivity (Wildman–Crippen MR) is 54.9 cm³/mol. The second-order valence-electron chi connectivity index (χ2n) is 2.92. The first-order chi connectivity index (χ1) is 7.16. The van der Waals surface area contributed by atoms with Crippen LogP contribution >= 0.6 is 0 Å². The predicted octanol–water partition coefficient (Wildman–Crippen LogP) is 0.329. The van der Waals surface area contributed by atoms with E-state index in [1.807, 2.05) is 0 Å². The fraction of sp³-hybridized carbons (Fsp3) is 0.750. The van der Waals surface area contributed by atoms with E-state index < -0.39 is 0 Å². The summed E-state index contributed by atoms with van der Waals surface area (Å²) >= 11 is 0. The summed E-state index contributed by atoms with van der Waals surface area (Å²) < 4.78 is 0. The van der Waals surface area contributed by atoms with Crippen LogP contribution in [-0.2, 0) is 9.59 Å². The number of unbranched alkanes of at least 4 members (excludes halogenated alkanes) is 1. The van der Waals surface area contributed by atoms with Crippen LogP contribution < -0.4 is 10.6 Å². The molecule has 0 rings (SSSR count). The van der Waals surface area contributed by atoms with Gasteiger partial charge in [0.2, 0.25) is 11.8 Å². The van der Waals surface area contributed by atoms with Gasteiger partial charge >= 0.3 is 0 Å². The highest BCUT2D eigenvalue weighted by molar-refractivity contribution is 5.83. The summed E-state index contributed by atoms with van der Waals surface area (Å²) in [5.41, 5.74) is 7.98. The van der Waals surface area contributed by atoms with Gasteiger partial charge < -0.3 is 10.6 Å². The van der Waals surface area contributed by atoms with Crippen molar-refractivity contribution < 1.29 is 9.59 Å². The summed E-state index contributed by atoms with van der Waals surface area (Å²) in [5.74, 6) is -0.442. The Labute approximate surface area is 87.9 Å². The maximum atomic E-state index is 11.0. The van der Waals surface area contributed by atoms with Crippen molar-refractivity contribution in [1.82, 2.24) is 10.6 Å². The average Bonchev–Trinajstić information content (AvgIpc) is 2.20. The quantitative estimate of drug-likeness (QED) is 0.275. The first-order valence-corrected chi connectivity index (χ1v) is 4.69. The van der Waals surface area contributed by atoms with E-state index >= 15 is 0 Å². The fourth-order valence-electron chi connectivity index (χ4n) is 0.847. The Kier molecular flexibility index (Phi) is 7.80. The molecule has 0 fully saturated rings. The van der Waals surface area contributed by atoms with Gasteiger partial charge in [-0.1, -0.05) is 5.11 Å². The second kappa shape index (κ2) is 8.83. The zero-order chi connectivity index (χ0) is 11.5. The Hall–Kier alpha value is -1.75. The summed E-state index contributed by atoms with van der Waals surface area (Å²) in [6.45, 7) is 2.33. The number of nitrogens with one attached hydrogen (secondary N) is 2. The van der Waals surface area contributed by atoms with Crippen molar-refractivity contribution in [2.24, 2.45) is 5.11 Å². The smallest absolute Gasteiger partial charge is 0.239 e. The van der Waals surface area contributed by atoms with Gasteiger partial charge in [0, 0.05) is 24.9 Å². The molecule has 0 aromatic heterocycles. The fourth-order valence-corrected chi connectivity index (χ4v) is 0.847. The third-order valence-electron chi connectivity index (χ3n) is 1.57. The van der Waals surface area contributed by atoms with Crippen LogP contribution in [0, 0.1) is 0 Å². The van der Waals surface area contributed by atoms with E-state index in [1.54, 1.807) is 0 Å². The van der Waals surface area contributed by atoms with E-state index in [-0.39, 0.29) is 18.4 Å². The van der Waals surface area contributed by atoms with Crippen molar-refractivity contribution in [1.29, 1.82) is 0 Å². The molecule has 0 saturated heterocycles. The molecule has 0 spiro atoms. The van der Waals surface area contributed by atoms with Gasteiger partial charge in [-0.2, -0.15) is 0 Å². The van der Waals surface area contributed by atoms with Gasteiger partial charge in [0.25, 0.3) is 0 Å². The van der Waals surface area contributed by atoms with Crippen molar-refractivity contribution in [3.8, 4) is 0 Å². The number of carbonyl (C=O) groups excluding carboxylic acids is 2. The van der Waals surface area contributed by atoms with E-state index in [4.69, 9.17) is 5.53 Å². The van der Waals surface area contributed by atoms with Gasteiger partial charge in [0.15, 0.2) is 0 Å². The molecule has 84 valence electrons. The summed E-state index contributed by atoms with van der Waals surface area (Å²) in [6.07, 6.45) is 1.50. The zero-order valence-corrected chi connectivity index (χ0v) is 8.69. The summed E-state index contributed by atoms with van der Waals surface area (Å²) in [5, 5.41) is 8.37. The molecule has 0 aliphatic carbocycles. The molecule has 2 N–H and O–H groups in total. The van der Waals surface area contributed by atoms with Gasteiger partial charge in [0.1, 0.15) is 0 Å². The molecule has 2 amide bonds. The number of carbonyl (C=O) groups is 2. The highest BCUT2D eigenvalue weighted by Gasteiger charge is 2.00. The standard InChI is InChI=1S/C8H15N5O2/c1-7(14)11-6-8(15)10-4-2-3-5-12-13-9/h2-6H2,1H3,(H,10,15)(H,11,14). The van der Waals surface area contributed by atoms with E-state index in [0.29, 0.717) is 13.1 Å². The van der Waals surface area contributed by atoms with E-state index in [9.17, 15) is 9.59 Å². The molecule has 0 aliphatic heterocycles. The first-order valence-electron chi connectivity index (χ1n) is 4.69. The summed E-state index contributed by atoms with van der Waals surface area (Å²) in [7, 11) is 0. The molecular weight excluding hydrogens is 198 g/mol. The Morgan fingerprint density at radius 2 is 2.07 bits per heavy atom. The lowest BCUT2D eigenvalue weighted by Crippen LogP contribution is -2.36. The van der Waals surface area contributed by atoms with Crippen molar-refractivity contribution in [2.75, 3.05) is 19.6 Å². The molecule has 0 aromatic carbocycles. The van der Waals surface area contributed by atoms with Crippen LogP contribution in [0.4, 0.5) is 0 Å². The zero-order valence-electron chi connectivity index (χ0n) is 8.69. The number of amides is 2. The van der Waals surface area contributed by atoms with Gasteiger partial charge in [-0.15, -0.1) is 0 Å². The normalized spacial score (nSPS) is 8.87. The average molecular weight is 213 g/mol. The molecule has 0 bridgehead atoms. The molecule has 7 nitrogen and oxygen atoms in total. The minimum atomic E-state index is -0.228. The second-order valence-corrected chi connectivity index (χ2v) is 2.92. The van der Waals surface area contributed by atoms with E-state index in [2.05, 4.69) is 20.7 Å². The third-order valence-corrected chi connectivity index (χ3v) is 1.57. The topological polar surface area (TPSA) is 107 Å². The monoisotopic (exact) mass is 213 g/mol. The summed E-state index contributed by atoms with van der Waals surface area (Å²) in [6, 6.07) is 0. The summed E-state index contributed by atoms with van der Waals surface area (Å²) in [4.78, 5) is 24.1. The van der Waals surface area contributed by atoms with Gasteiger partial charge in [-0.3, -0.25) is 9.59 Å². The molecule has 0 aliphatic rings. The minimum Gasteiger partial charge on any atom is -0.355 e. The van der Waals surface area contributed by atoms with Gasteiger partial charge in [-0.25, -0.2) is 0 Å². The number of hydrogen-bond donors (Lipinski definition) is 2. The molecule has 0 heterocycles. The molecule has 0 unspecified atom stereocenters. The number of hydrogen-bond acceptors (Lipinski definition) is 3. The SMILES string of the molecule is CC(=O)NCC(=O)NCCCCN=[N+]=[N-]. The minimum absolute atomic E-state index is 0.00564. The molecule has 7 heteroatoms. The Balaban J connectivity index is 3.31. The molecule has 15 heavy (non-hydrogen) atoms. The van der Waals surface area contributed by atoms with Crippen molar-refractivity contribution >= 4 is 11.8 Å². The largest absolute Gasteiger partial charge is 0.355 e. The molecule has 0 atom stereocenters. The van der Waals surface area contributed by atoms with Crippen LogP contribution in [0.5, 0.6) is 0 Å². The van der Waals surface area contributed by atoms with E-state index in [1.165, 1.54) is 6.92 Å². The lowest BCUT2D eigenvalue weighted by atomic mass is 10.3.